The largest absolute Gasteiger partial charge is 0.468 e. The molecule has 9 heteroatoms. The van der Waals surface area contributed by atoms with E-state index in [9.17, 15) is 13.2 Å². The molecule has 1 N–H and O–H groups in total. The van der Waals surface area contributed by atoms with Crippen LogP contribution in [0, 0.1) is 22.7 Å². The Kier molecular flexibility index (Phi) is 6.89. The van der Waals surface area contributed by atoms with Crippen LogP contribution in [0.2, 0.25) is 0 Å². The molecule has 0 spiro atoms. The Hall–Kier alpha value is -3.40. The van der Waals surface area contributed by atoms with Crippen LogP contribution < -0.4 is 4.72 Å². The normalized spacial score (nSPS) is 11.0. The lowest BCUT2D eigenvalue weighted by molar-refractivity contribution is -0.124. The zero-order valence-corrected chi connectivity index (χ0v) is 15.0. The van der Waals surface area contributed by atoms with E-state index in [1.807, 2.05) is 12.1 Å². The monoisotopic (exact) mass is 384 g/mol. The molecular formula is C18H16N4O4S. The molecule has 0 saturated carbocycles. The Morgan fingerprint density at radius 2 is 1.81 bits per heavy atom. The lowest BCUT2D eigenvalue weighted by atomic mass is 10.2. The smallest absolute Gasteiger partial charge is 0.248 e. The zero-order valence-electron chi connectivity index (χ0n) is 14.2. The molecule has 0 fully saturated rings. The first kappa shape index (κ1) is 19.9. The van der Waals surface area contributed by atoms with Gasteiger partial charge in [-0.3, -0.25) is 4.79 Å². The first-order valence-corrected chi connectivity index (χ1v) is 9.27. The average Bonchev–Trinajstić information content (AvgIpc) is 3.18. The second-order valence-corrected chi connectivity index (χ2v) is 7.08. The molecule has 138 valence electrons. The summed E-state index contributed by atoms with van der Waals surface area (Å²) in [6.07, 6.45) is 4.17. The van der Waals surface area contributed by atoms with Crippen molar-refractivity contribution in [3.63, 3.8) is 0 Å². The van der Waals surface area contributed by atoms with Crippen molar-refractivity contribution in [3.8, 4) is 12.1 Å². The highest BCUT2D eigenvalue weighted by Gasteiger charge is 2.14. The Morgan fingerprint density at radius 3 is 2.37 bits per heavy atom. The molecule has 8 nitrogen and oxygen atoms in total. The van der Waals surface area contributed by atoms with Gasteiger partial charge in [-0.1, -0.05) is 12.1 Å². The molecule has 0 aliphatic carbocycles. The molecule has 0 aliphatic heterocycles. The number of furan rings is 1. The molecule has 0 bridgehead atoms. The molecule has 0 aliphatic rings. The minimum absolute atomic E-state index is 0.0408. The molecule has 0 saturated heterocycles. The lowest BCUT2D eigenvalue weighted by Gasteiger charge is -2.12. The van der Waals surface area contributed by atoms with Crippen LogP contribution in [0.1, 0.15) is 11.3 Å². The van der Waals surface area contributed by atoms with Crippen molar-refractivity contribution in [2.24, 2.45) is 0 Å². The van der Waals surface area contributed by atoms with Crippen molar-refractivity contribution in [1.29, 1.82) is 10.5 Å². The number of nitrogens with one attached hydrogen (secondary N) is 1. The molecular weight excluding hydrogens is 368 g/mol. The van der Waals surface area contributed by atoms with Gasteiger partial charge in [-0.15, -0.1) is 0 Å². The van der Waals surface area contributed by atoms with Gasteiger partial charge in [0, 0.05) is 6.08 Å². The summed E-state index contributed by atoms with van der Waals surface area (Å²) in [6, 6.07) is 12.9. The topological polar surface area (TPSA) is 127 Å². The molecule has 1 aromatic carbocycles. The lowest BCUT2D eigenvalue weighted by Crippen LogP contribution is -2.30. The molecule has 27 heavy (non-hydrogen) atoms. The van der Waals surface area contributed by atoms with Crippen LogP contribution in [-0.4, -0.2) is 32.3 Å². The van der Waals surface area contributed by atoms with Gasteiger partial charge in [-0.05, 0) is 35.9 Å². The summed E-state index contributed by atoms with van der Waals surface area (Å²) in [7, 11) is -3.69. The van der Waals surface area contributed by atoms with Gasteiger partial charge in [0.05, 0.1) is 29.8 Å². The fourth-order valence-corrected chi connectivity index (χ4v) is 3.07. The van der Waals surface area contributed by atoms with Gasteiger partial charge in [-0.25, -0.2) is 13.1 Å². The van der Waals surface area contributed by atoms with Crippen molar-refractivity contribution in [2.45, 2.75) is 11.4 Å². The van der Waals surface area contributed by atoms with Gasteiger partial charge < -0.3 is 9.32 Å². The number of carbonyl (C=O) groups excluding carboxylic acids is 1. The van der Waals surface area contributed by atoms with Crippen molar-refractivity contribution in [2.75, 3.05) is 13.1 Å². The van der Waals surface area contributed by atoms with E-state index in [0.717, 1.165) is 4.90 Å². The Balaban J connectivity index is 2.02. The number of amides is 1. The minimum atomic E-state index is -3.69. The van der Waals surface area contributed by atoms with Crippen LogP contribution >= 0.6 is 0 Å². The number of benzene rings is 1. The van der Waals surface area contributed by atoms with Crippen LogP contribution in [0.15, 0.2) is 58.1 Å². The van der Waals surface area contributed by atoms with Gasteiger partial charge in [0.25, 0.3) is 0 Å². The highest BCUT2D eigenvalue weighted by molar-refractivity contribution is 7.89. The van der Waals surface area contributed by atoms with E-state index in [1.54, 1.807) is 24.3 Å². The second-order valence-electron chi connectivity index (χ2n) is 5.32. The minimum Gasteiger partial charge on any atom is -0.468 e. The standard InChI is InChI=1S/C18H16N4O4S/c19-9-11-22(12-10-20)18(23)8-5-15-3-6-17(7-4-15)27(24,25)21-14-16-2-1-13-26-16/h1-8,13,21H,11-12,14H2/b8-5+. The van der Waals surface area contributed by atoms with Crippen LogP contribution in [0.3, 0.4) is 0 Å². The van der Waals surface area contributed by atoms with E-state index in [4.69, 9.17) is 14.9 Å². The predicted octanol–water partition coefficient (Wildman–Crippen LogP) is 1.65. The summed E-state index contributed by atoms with van der Waals surface area (Å²) >= 11 is 0. The van der Waals surface area contributed by atoms with E-state index in [1.165, 1.54) is 30.5 Å². The second kappa shape index (κ2) is 9.34. The van der Waals surface area contributed by atoms with Crippen LogP contribution in [0.4, 0.5) is 0 Å². The van der Waals surface area contributed by atoms with Crippen LogP contribution in [0.5, 0.6) is 0 Å². The third kappa shape index (κ3) is 5.82. The fraction of sp³-hybridized carbons (Fsp3) is 0.167. The van der Waals surface area contributed by atoms with E-state index < -0.39 is 15.9 Å². The first-order chi connectivity index (χ1) is 13.0. The van der Waals surface area contributed by atoms with E-state index >= 15 is 0 Å². The number of hydrogen-bond acceptors (Lipinski definition) is 6. The summed E-state index contributed by atoms with van der Waals surface area (Å²) in [5.74, 6) is 0.0193. The van der Waals surface area contributed by atoms with E-state index in [-0.39, 0.29) is 24.5 Å². The highest BCUT2D eigenvalue weighted by atomic mass is 32.2. The van der Waals surface area contributed by atoms with Gasteiger partial charge in [0.2, 0.25) is 15.9 Å². The van der Waals surface area contributed by atoms with Gasteiger partial charge >= 0.3 is 0 Å². The highest BCUT2D eigenvalue weighted by Crippen LogP contribution is 2.13. The van der Waals surface area contributed by atoms with Gasteiger partial charge in [0.15, 0.2) is 0 Å². The number of sulfonamides is 1. The molecule has 0 atom stereocenters. The number of rotatable bonds is 8. The third-order valence-corrected chi connectivity index (χ3v) is 4.88. The third-order valence-electron chi connectivity index (χ3n) is 3.46. The van der Waals surface area contributed by atoms with Crippen molar-refractivity contribution in [1.82, 2.24) is 9.62 Å². The zero-order chi connectivity index (χ0) is 19.7. The average molecular weight is 384 g/mol. The SMILES string of the molecule is N#CCN(CC#N)C(=O)/C=C/c1ccc(S(=O)(=O)NCc2ccco2)cc1. The Labute approximate surface area is 157 Å². The maximum atomic E-state index is 12.2. The van der Waals surface area contributed by atoms with Crippen molar-refractivity contribution < 1.29 is 17.6 Å². The van der Waals surface area contributed by atoms with Gasteiger partial charge in [-0.2, -0.15) is 10.5 Å². The first-order valence-electron chi connectivity index (χ1n) is 7.79. The summed E-state index contributed by atoms with van der Waals surface area (Å²) in [5, 5.41) is 17.3. The summed E-state index contributed by atoms with van der Waals surface area (Å²) in [6.45, 7) is -0.330. The molecule has 1 heterocycles. The molecule has 1 aromatic heterocycles. The number of hydrogen-bond donors (Lipinski definition) is 1. The molecule has 0 radical (unpaired) electrons. The van der Waals surface area contributed by atoms with E-state index in [2.05, 4.69) is 4.72 Å². The number of carbonyl (C=O) groups is 1. The quantitative estimate of drug-likeness (QED) is 0.544. The van der Waals surface area contributed by atoms with Gasteiger partial charge in [0.1, 0.15) is 18.8 Å². The summed E-state index contributed by atoms with van der Waals surface area (Å²) < 4.78 is 32.0. The predicted molar refractivity (Wildman–Crippen MR) is 96.0 cm³/mol. The van der Waals surface area contributed by atoms with Crippen molar-refractivity contribution in [3.05, 3.63) is 60.1 Å². The maximum absolute atomic E-state index is 12.2. The Morgan fingerprint density at radius 1 is 1.15 bits per heavy atom. The number of nitrogens with zero attached hydrogens (tertiary/aromatic N) is 3. The van der Waals surface area contributed by atoms with Crippen molar-refractivity contribution >= 4 is 22.0 Å². The summed E-state index contributed by atoms with van der Waals surface area (Å²) in [5.41, 5.74) is 0.599. The molecule has 2 rings (SSSR count). The maximum Gasteiger partial charge on any atom is 0.248 e. The van der Waals surface area contributed by atoms with Crippen LogP contribution in [0.25, 0.3) is 6.08 Å². The number of nitriles is 2. The molecule has 1 amide bonds. The van der Waals surface area contributed by atoms with Crippen LogP contribution in [-0.2, 0) is 21.4 Å². The molecule has 2 aromatic rings. The summed E-state index contributed by atoms with van der Waals surface area (Å²) in [4.78, 5) is 13.1. The fourth-order valence-electron chi connectivity index (χ4n) is 2.08. The van der Waals surface area contributed by atoms with E-state index in [0.29, 0.717) is 11.3 Å². The Bertz CT molecular complexity index is 965. The molecule has 0 unspecified atom stereocenters.